The van der Waals surface area contributed by atoms with Crippen LogP contribution in [-0.2, 0) is 0 Å². The molecular weight excluding hydrogens is 256 g/mol. The molecule has 0 spiro atoms. The van der Waals surface area contributed by atoms with Gasteiger partial charge in [0.1, 0.15) is 11.5 Å². The molecule has 0 N–H and O–H groups in total. The Morgan fingerprint density at radius 2 is 1.52 bits per heavy atom. The van der Waals surface area contributed by atoms with Crippen molar-refractivity contribution in [1.82, 2.24) is 0 Å². The van der Waals surface area contributed by atoms with E-state index in [1.54, 1.807) is 0 Å². The summed E-state index contributed by atoms with van der Waals surface area (Å²) in [4.78, 5) is 0. The summed E-state index contributed by atoms with van der Waals surface area (Å²) >= 11 is 0. The Balaban J connectivity index is 1.80. The van der Waals surface area contributed by atoms with Gasteiger partial charge in [0.25, 0.3) is 0 Å². The number of rotatable bonds is 1. The summed E-state index contributed by atoms with van der Waals surface area (Å²) in [5.41, 5.74) is 4.30. The van der Waals surface area contributed by atoms with Crippen molar-refractivity contribution in [3.63, 3.8) is 0 Å². The average Bonchev–Trinajstić information content (AvgIpc) is 2.55. The summed E-state index contributed by atoms with van der Waals surface area (Å²) in [6, 6.07) is 15.1. The van der Waals surface area contributed by atoms with E-state index in [1.807, 2.05) is 0 Å². The van der Waals surface area contributed by atoms with Crippen LogP contribution in [0.15, 0.2) is 42.5 Å². The Hall–Kier alpha value is -1.76. The fraction of sp³-hybridized carbons (Fsp3) is 0.400. The molecule has 0 aromatic heterocycles. The van der Waals surface area contributed by atoms with Gasteiger partial charge in [-0.2, -0.15) is 0 Å². The van der Waals surface area contributed by atoms with Gasteiger partial charge in [-0.1, -0.05) is 56.5 Å². The molecule has 1 aliphatic heterocycles. The van der Waals surface area contributed by atoms with Gasteiger partial charge in [-0.25, -0.2) is 0 Å². The predicted octanol–water partition coefficient (Wildman–Crippen LogP) is 5.99. The lowest BCUT2D eigenvalue weighted by atomic mass is 9.77. The SMILES string of the molecule is CC1c2ccccc2Oc2cccc(C3CCCCC3)c21. The number of benzene rings is 2. The number of hydrogen-bond donors (Lipinski definition) is 0. The van der Waals surface area contributed by atoms with Crippen molar-refractivity contribution in [2.24, 2.45) is 0 Å². The lowest BCUT2D eigenvalue weighted by Crippen LogP contribution is -2.14. The van der Waals surface area contributed by atoms with E-state index >= 15 is 0 Å². The van der Waals surface area contributed by atoms with Gasteiger partial charge < -0.3 is 4.74 Å². The minimum atomic E-state index is 0.433. The molecule has 1 unspecified atom stereocenters. The van der Waals surface area contributed by atoms with Gasteiger partial charge in [-0.05, 0) is 36.5 Å². The van der Waals surface area contributed by atoms with Gasteiger partial charge in [0.15, 0.2) is 0 Å². The van der Waals surface area contributed by atoms with Crippen molar-refractivity contribution in [2.45, 2.75) is 50.9 Å². The summed E-state index contributed by atoms with van der Waals surface area (Å²) < 4.78 is 6.18. The maximum atomic E-state index is 6.18. The quantitative estimate of drug-likeness (QED) is 0.622. The van der Waals surface area contributed by atoms with Crippen LogP contribution in [0.1, 0.15) is 67.6 Å². The minimum Gasteiger partial charge on any atom is -0.457 e. The molecule has 108 valence electrons. The topological polar surface area (TPSA) is 9.23 Å². The monoisotopic (exact) mass is 278 g/mol. The molecular formula is C20H22O. The Morgan fingerprint density at radius 1 is 0.810 bits per heavy atom. The van der Waals surface area contributed by atoms with E-state index in [4.69, 9.17) is 4.74 Å². The lowest BCUT2D eigenvalue weighted by molar-refractivity contribution is 0.424. The third kappa shape index (κ3) is 2.16. The van der Waals surface area contributed by atoms with Gasteiger partial charge in [0, 0.05) is 17.0 Å². The molecule has 2 aliphatic rings. The molecule has 0 amide bonds. The highest BCUT2D eigenvalue weighted by atomic mass is 16.5. The van der Waals surface area contributed by atoms with E-state index < -0.39 is 0 Å². The maximum absolute atomic E-state index is 6.18. The summed E-state index contributed by atoms with van der Waals surface area (Å²) in [5, 5.41) is 0. The van der Waals surface area contributed by atoms with Crippen LogP contribution in [0.3, 0.4) is 0 Å². The predicted molar refractivity (Wildman–Crippen MR) is 86.3 cm³/mol. The second kappa shape index (κ2) is 5.22. The number of para-hydroxylation sites is 1. The number of hydrogen-bond acceptors (Lipinski definition) is 1. The first-order valence-corrected chi connectivity index (χ1v) is 8.24. The molecule has 2 aromatic rings. The van der Waals surface area contributed by atoms with E-state index in [1.165, 1.54) is 48.8 Å². The molecule has 1 fully saturated rings. The summed E-state index contributed by atoms with van der Waals surface area (Å²) in [7, 11) is 0. The van der Waals surface area contributed by atoms with Gasteiger partial charge in [0.2, 0.25) is 0 Å². The van der Waals surface area contributed by atoms with Crippen LogP contribution < -0.4 is 4.74 Å². The zero-order chi connectivity index (χ0) is 14.2. The Morgan fingerprint density at radius 3 is 2.38 bits per heavy atom. The van der Waals surface area contributed by atoms with E-state index in [0.29, 0.717) is 5.92 Å². The van der Waals surface area contributed by atoms with Crippen LogP contribution in [0.4, 0.5) is 0 Å². The number of fused-ring (bicyclic) bond motifs is 2. The molecule has 1 nitrogen and oxygen atoms in total. The largest absolute Gasteiger partial charge is 0.457 e. The highest BCUT2D eigenvalue weighted by Crippen LogP contribution is 2.48. The van der Waals surface area contributed by atoms with Crippen LogP contribution >= 0.6 is 0 Å². The van der Waals surface area contributed by atoms with Crippen molar-refractivity contribution in [3.8, 4) is 11.5 Å². The molecule has 1 atom stereocenters. The summed E-state index contributed by atoms with van der Waals surface area (Å²) in [6.07, 6.45) is 6.83. The molecule has 4 rings (SSSR count). The molecule has 1 heterocycles. The van der Waals surface area contributed by atoms with Gasteiger partial charge >= 0.3 is 0 Å². The Kier molecular flexibility index (Phi) is 3.21. The fourth-order valence-electron chi connectivity index (χ4n) is 4.09. The first kappa shape index (κ1) is 12.9. The van der Waals surface area contributed by atoms with Crippen LogP contribution in [0.5, 0.6) is 11.5 Å². The van der Waals surface area contributed by atoms with Crippen molar-refractivity contribution in [2.75, 3.05) is 0 Å². The molecule has 1 saturated carbocycles. The third-order valence-corrected chi connectivity index (χ3v) is 5.18. The highest BCUT2D eigenvalue weighted by Gasteiger charge is 2.29. The highest BCUT2D eigenvalue weighted by molar-refractivity contribution is 5.56. The second-order valence-electron chi connectivity index (χ2n) is 6.46. The Bertz CT molecular complexity index is 653. The normalized spacial score (nSPS) is 21.3. The molecule has 2 aromatic carbocycles. The molecule has 21 heavy (non-hydrogen) atoms. The zero-order valence-corrected chi connectivity index (χ0v) is 12.6. The maximum Gasteiger partial charge on any atom is 0.131 e. The summed E-state index contributed by atoms with van der Waals surface area (Å²) in [5.74, 6) is 3.26. The van der Waals surface area contributed by atoms with Crippen molar-refractivity contribution in [1.29, 1.82) is 0 Å². The molecule has 0 radical (unpaired) electrons. The van der Waals surface area contributed by atoms with Crippen LogP contribution in [0, 0.1) is 0 Å². The van der Waals surface area contributed by atoms with Gasteiger partial charge in [-0.15, -0.1) is 0 Å². The van der Waals surface area contributed by atoms with E-state index in [0.717, 1.165) is 17.4 Å². The van der Waals surface area contributed by atoms with Crippen LogP contribution in [0.2, 0.25) is 0 Å². The fourth-order valence-corrected chi connectivity index (χ4v) is 4.09. The molecule has 0 saturated heterocycles. The van der Waals surface area contributed by atoms with Gasteiger partial charge in [-0.3, -0.25) is 0 Å². The lowest BCUT2D eigenvalue weighted by Gasteiger charge is -2.31. The smallest absolute Gasteiger partial charge is 0.131 e. The van der Waals surface area contributed by atoms with E-state index in [9.17, 15) is 0 Å². The molecule has 1 heteroatoms. The third-order valence-electron chi connectivity index (χ3n) is 5.18. The van der Waals surface area contributed by atoms with E-state index in [-0.39, 0.29) is 0 Å². The number of ether oxygens (including phenoxy) is 1. The van der Waals surface area contributed by atoms with Crippen LogP contribution in [0.25, 0.3) is 0 Å². The van der Waals surface area contributed by atoms with Crippen molar-refractivity contribution in [3.05, 3.63) is 59.2 Å². The molecule has 1 aliphatic carbocycles. The van der Waals surface area contributed by atoms with Crippen LogP contribution in [-0.4, -0.2) is 0 Å². The average molecular weight is 278 g/mol. The van der Waals surface area contributed by atoms with Crippen molar-refractivity contribution >= 4 is 0 Å². The molecule has 0 bridgehead atoms. The van der Waals surface area contributed by atoms with E-state index in [2.05, 4.69) is 49.4 Å². The van der Waals surface area contributed by atoms with Gasteiger partial charge in [0.05, 0.1) is 0 Å². The standard InChI is InChI=1S/C20H22O/c1-14-16-10-5-6-12-18(16)21-19-13-7-11-17(20(14)19)15-8-3-2-4-9-15/h5-7,10-15H,2-4,8-9H2,1H3. The first-order chi connectivity index (χ1) is 10.3. The summed E-state index contributed by atoms with van der Waals surface area (Å²) in [6.45, 7) is 2.33. The van der Waals surface area contributed by atoms with Crippen molar-refractivity contribution < 1.29 is 4.74 Å². The first-order valence-electron chi connectivity index (χ1n) is 8.24. The minimum absolute atomic E-state index is 0.433. The Labute approximate surface area is 127 Å². The second-order valence-corrected chi connectivity index (χ2v) is 6.46. The zero-order valence-electron chi connectivity index (χ0n) is 12.6.